The Bertz CT molecular complexity index is 675. The Labute approximate surface area is 166 Å². The Balaban J connectivity index is 0.00000312. The van der Waals surface area contributed by atoms with Gasteiger partial charge in [-0.3, -0.25) is 0 Å². The molecule has 136 valence electrons. The van der Waals surface area contributed by atoms with Gasteiger partial charge < -0.3 is 20.5 Å². The van der Waals surface area contributed by atoms with Crippen LogP contribution < -0.4 is 20.5 Å². The van der Waals surface area contributed by atoms with E-state index in [-0.39, 0.29) is 30.1 Å². The van der Waals surface area contributed by atoms with Crippen LogP contribution in [0.15, 0.2) is 53.5 Å². The molecule has 0 saturated heterocycles. The van der Waals surface area contributed by atoms with Gasteiger partial charge in [-0.2, -0.15) is 0 Å². The molecular formula is C19H26IN3O2. The first-order valence-electron chi connectivity index (χ1n) is 8.08. The predicted octanol–water partition coefficient (Wildman–Crippen LogP) is 4.07. The standard InChI is InChI=1S/C19H25N3O2.HI/c1-4-15-9-11-16(12-10-15)22-19(20)21-13-14(2)24-18-8-6-5-7-17(18)23-3;/h5-12,14H,4,13H2,1-3H3,(H3,20,21,22);1H. The third-order valence-electron chi connectivity index (χ3n) is 3.55. The Morgan fingerprint density at radius 2 is 1.76 bits per heavy atom. The lowest BCUT2D eigenvalue weighted by molar-refractivity contribution is 0.219. The number of aryl methyl sites for hydroxylation is 1. The summed E-state index contributed by atoms with van der Waals surface area (Å²) in [6.07, 6.45) is 0.894. The fourth-order valence-corrected chi connectivity index (χ4v) is 2.21. The summed E-state index contributed by atoms with van der Waals surface area (Å²) in [5, 5.41) is 3.08. The van der Waals surface area contributed by atoms with Crippen molar-refractivity contribution in [3.05, 3.63) is 54.1 Å². The number of anilines is 1. The minimum absolute atomic E-state index is 0. The molecule has 0 radical (unpaired) electrons. The first-order valence-corrected chi connectivity index (χ1v) is 8.08. The zero-order valence-electron chi connectivity index (χ0n) is 14.9. The number of nitrogens with zero attached hydrogens (tertiary/aromatic N) is 1. The Morgan fingerprint density at radius 1 is 1.12 bits per heavy atom. The summed E-state index contributed by atoms with van der Waals surface area (Å²) in [5.74, 6) is 1.77. The van der Waals surface area contributed by atoms with Crippen LogP contribution in [0.4, 0.5) is 5.69 Å². The van der Waals surface area contributed by atoms with Gasteiger partial charge in [0.2, 0.25) is 0 Å². The van der Waals surface area contributed by atoms with Gasteiger partial charge in [0.25, 0.3) is 0 Å². The minimum Gasteiger partial charge on any atom is -0.493 e. The first-order chi connectivity index (χ1) is 11.6. The third kappa shape index (κ3) is 6.81. The third-order valence-corrected chi connectivity index (χ3v) is 3.55. The molecule has 1 atom stereocenters. The number of guanidine groups is 1. The second-order valence-electron chi connectivity index (χ2n) is 5.48. The summed E-state index contributed by atoms with van der Waals surface area (Å²) < 4.78 is 11.1. The van der Waals surface area contributed by atoms with Gasteiger partial charge in [0, 0.05) is 5.69 Å². The molecule has 5 nitrogen and oxygen atoms in total. The largest absolute Gasteiger partial charge is 0.493 e. The van der Waals surface area contributed by atoms with Gasteiger partial charge in [0.1, 0.15) is 6.10 Å². The Kier molecular flexibility index (Phi) is 9.12. The van der Waals surface area contributed by atoms with Crippen molar-refractivity contribution < 1.29 is 9.47 Å². The van der Waals surface area contributed by atoms with Gasteiger partial charge in [0.15, 0.2) is 17.5 Å². The lowest BCUT2D eigenvalue weighted by Crippen LogP contribution is -2.25. The van der Waals surface area contributed by atoms with Crippen molar-refractivity contribution in [1.29, 1.82) is 0 Å². The number of hydrogen-bond donors (Lipinski definition) is 2. The summed E-state index contributed by atoms with van der Waals surface area (Å²) in [6.45, 7) is 4.52. The zero-order chi connectivity index (χ0) is 17.4. The van der Waals surface area contributed by atoms with Crippen molar-refractivity contribution in [3.63, 3.8) is 0 Å². The van der Waals surface area contributed by atoms with Crippen LogP contribution in [0.3, 0.4) is 0 Å². The molecule has 3 N–H and O–H groups in total. The molecule has 0 aliphatic heterocycles. The van der Waals surface area contributed by atoms with Crippen LogP contribution in [0.25, 0.3) is 0 Å². The van der Waals surface area contributed by atoms with Gasteiger partial charge in [-0.25, -0.2) is 4.99 Å². The molecule has 2 rings (SSSR count). The highest BCUT2D eigenvalue weighted by atomic mass is 127. The monoisotopic (exact) mass is 455 g/mol. The molecule has 0 saturated carbocycles. The molecular weight excluding hydrogens is 429 g/mol. The number of aliphatic imine (C=N–C) groups is 1. The molecule has 0 aromatic heterocycles. The minimum atomic E-state index is -0.121. The van der Waals surface area contributed by atoms with E-state index in [1.54, 1.807) is 7.11 Å². The lowest BCUT2D eigenvalue weighted by Gasteiger charge is -2.15. The molecule has 0 aliphatic carbocycles. The SMILES string of the molecule is CCc1ccc(NC(N)=NCC(C)Oc2ccccc2OC)cc1.I. The van der Waals surface area contributed by atoms with E-state index in [4.69, 9.17) is 15.2 Å². The Hall–Kier alpha value is -1.96. The number of nitrogens with two attached hydrogens (primary N) is 1. The molecule has 2 aromatic carbocycles. The predicted molar refractivity (Wildman–Crippen MR) is 114 cm³/mol. The van der Waals surface area contributed by atoms with Gasteiger partial charge >= 0.3 is 0 Å². The smallest absolute Gasteiger partial charge is 0.193 e. The second-order valence-corrected chi connectivity index (χ2v) is 5.48. The molecule has 0 spiro atoms. The van der Waals surface area contributed by atoms with Crippen molar-refractivity contribution in [2.45, 2.75) is 26.4 Å². The van der Waals surface area contributed by atoms with E-state index in [9.17, 15) is 0 Å². The first kappa shape index (κ1) is 21.1. The van der Waals surface area contributed by atoms with Gasteiger partial charge in [-0.15, -0.1) is 24.0 Å². The average Bonchev–Trinajstić information content (AvgIpc) is 2.61. The van der Waals surface area contributed by atoms with Crippen molar-refractivity contribution in [1.82, 2.24) is 0 Å². The van der Waals surface area contributed by atoms with Gasteiger partial charge in [0.05, 0.1) is 13.7 Å². The second kappa shape index (κ2) is 10.8. The fraction of sp³-hybridized carbons (Fsp3) is 0.316. The maximum atomic E-state index is 5.93. The molecule has 0 fully saturated rings. The number of benzene rings is 2. The normalized spacial score (nSPS) is 12.0. The summed E-state index contributed by atoms with van der Waals surface area (Å²) >= 11 is 0. The van der Waals surface area contributed by atoms with E-state index in [2.05, 4.69) is 29.4 Å². The highest BCUT2D eigenvalue weighted by Crippen LogP contribution is 2.26. The van der Waals surface area contributed by atoms with Crippen LogP contribution in [0.5, 0.6) is 11.5 Å². The molecule has 0 heterocycles. The molecule has 25 heavy (non-hydrogen) atoms. The van der Waals surface area contributed by atoms with Crippen molar-refractivity contribution >= 4 is 35.6 Å². The van der Waals surface area contributed by atoms with E-state index in [0.717, 1.165) is 12.1 Å². The van der Waals surface area contributed by atoms with Gasteiger partial charge in [-0.05, 0) is 43.2 Å². The number of rotatable bonds is 7. The highest BCUT2D eigenvalue weighted by Gasteiger charge is 2.08. The quantitative estimate of drug-likeness (QED) is 0.375. The number of nitrogens with one attached hydrogen (secondary N) is 1. The number of hydrogen-bond acceptors (Lipinski definition) is 3. The van der Waals surface area contributed by atoms with Crippen LogP contribution in [0.1, 0.15) is 19.4 Å². The molecule has 2 aromatic rings. The maximum absolute atomic E-state index is 5.93. The summed E-state index contributed by atoms with van der Waals surface area (Å²) in [7, 11) is 1.62. The molecule has 0 amide bonds. The number of para-hydroxylation sites is 2. The van der Waals surface area contributed by atoms with Crippen molar-refractivity contribution in [2.75, 3.05) is 19.0 Å². The fourth-order valence-electron chi connectivity index (χ4n) is 2.21. The van der Waals surface area contributed by atoms with Crippen LogP contribution in [-0.4, -0.2) is 25.7 Å². The molecule has 1 unspecified atom stereocenters. The lowest BCUT2D eigenvalue weighted by atomic mass is 10.1. The van der Waals surface area contributed by atoms with Gasteiger partial charge in [-0.1, -0.05) is 31.2 Å². The summed E-state index contributed by atoms with van der Waals surface area (Å²) in [4.78, 5) is 4.33. The van der Waals surface area contributed by atoms with Crippen LogP contribution in [0.2, 0.25) is 0 Å². The summed E-state index contributed by atoms with van der Waals surface area (Å²) in [6, 6.07) is 15.7. The van der Waals surface area contributed by atoms with E-state index in [1.165, 1.54) is 5.56 Å². The van der Waals surface area contributed by atoms with Crippen LogP contribution in [0, 0.1) is 0 Å². The topological polar surface area (TPSA) is 68.9 Å². The van der Waals surface area contributed by atoms with Crippen molar-refractivity contribution in [2.24, 2.45) is 10.7 Å². The van der Waals surface area contributed by atoms with E-state index in [1.807, 2.05) is 43.3 Å². The number of ether oxygens (including phenoxy) is 2. The van der Waals surface area contributed by atoms with Crippen LogP contribution in [-0.2, 0) is 6.42 Å². The molecule has 0 aliphatic rings. The highest BCUT2D eigenvalue weighted by molar-refractivity contribution is 14.0. The molecule has 0 bridgehead atoms. The average molecular weight is 455 g/mol. The number of halogens is 1. The van der Waals surface area contributed by atoms with E-state index in [0.29, 0.717) is 24.0 Å². The van der Waals surface area contributed by atoms with Crippen LogP contribution >= 0.6 is 24.0 Å². The molecule has 6 heteroatoms. The van der Waals surface area contributed by atoms with E-state index < -0.39 is 0 Å². The Morgan fingerprint density at radius 3 is 2.36 bits per heavy atom. The van der Waals surface area contributed by atoms with Crippen molar-refractivity contribution in [3.8, 4) is 11.5 Å². The van der Waals surface area contributed by atoms with E-state index >= 15 is 0 Å². The zero-order valence-corrected chi connectivity index (χ0v) is 17.2. The summed E-state index contributed by atoms with van der Waals surface area (Å²) in [5.41, 5.74) is 8.14. The maximum Gasteiger partial charge on any atom is 0.193 e. The number of methoxy groups -OCH3 is 1.